The molecule has 0 saturated heterocycles. The Labute approximate surface area is 89.7 Å². The summed E-state index contributed by atoms with van der Waals surface area (Å²) in [5.41, 5.74) is 0. The van der Waals surface area contributed by atoms with Gasteiger partial charge in [-0.3, -0.25) is 0 Å². The number of thiophene rings is 1. The second-order valence-electron chi connectivity index (χ2n) is 2.72. The van der Waals surface area contributed by atoms with Crippen LogP contribution < -0.4 is 0 Å². The third kappa shape index (κ3) is 1.38. The smallest absolute Gasteiger partial charge is 0.0356 e. The Kier molecular flexibility index (Phi) is 2.37. The minimum atomic E-state index is 1.15. The maximum Gasteiger partial charge on any atom is 0.0356 e. The highest BCUT2D eigenvalue weighted by molar-refractivity contribution is 14.1. The van der Waals surface area contributed by atoms with Crippen molar-refractivity contribution in [2.75, 3.05) is 0 Å². The average molecular weight is 288 g/mol. The van der Waals surface area contributed by atoms with Gasteiger partial charge in [-0.25, -0.2) is 0 Å². The highest BCUT2D eigenvalue weighted by Crippen LogP contribution is 2.29. The molecule has 0 atom stereocenters. The first-order chi connectivity index (χ1) is 5.81. The summed E-state index contributed by atoms with van der Waals surface area (Å²) in [7, 11) is 0. The van der Waals surface area contributed by atoms with Crippen molar-refractivity contribution < 1.29 is 0 Å². The molecular formula is C10H9IS. The van der Waals surface area contributed by atoms with Gasteiger partial charge >= 0.3 is 0 Å². The Morgan fingerprint density at radius 3 is 2.92 bits per heavy atom. The molecule has 1 aromatic heterocycles. The lowest BCUT2D eigenvalue weighted by Crippen LogP contribution is -1.69. The van der Waals surface area contributed by atoms with E-state index >= 15 is 0 Å². The van der Waals surface area contributed by atoms with E-state index in [0.29, 0.717) is 0 Å². The van der Waals surface area contributed by atoms with Crippen LogP contribution >= 0.6 is 33.9 Å². The molecule has 0 aliphatic rings. The topological polar surface area (TPSA) is 0 Å². The number of hydrogen-bond acceptors (Lipinski definition) is 1. The number of aryl methyl sites for hydroxylation is 1. The van der Waals surface area contributed by atoms with Crippen LogP contribution in [0.25, 0.3) is 10.1 Å². The molecule has 0 radical (unpaired) electrons. The monoisotopic (exact) mass is 288 g/mol. The van der Waals surface area contributed by atoms with Gasteiger partial charge in [-0.1, -0.05) is 13.0 Å². The number of benzene rings is 1. The first kappa shape index (κ1) is 8.51. The van der Waals surface area contributed by atoms with E-state index in [-0.39, 0.29) is 0 Å². The van der Waals surface area contributed by atoms with E-state index in [1.54, 1.807) is 0 Å². The quantitative estimate of drug-likeness (QED) is 0.694. The Morgan fingerprint density at radius 1 is 1.42 bits per heavy atom. The summed E-state index contributed by atoms with van der Waals surface area (Å²) in [4.78, 5) is 1.48. The predicted molar refractivity (Wildman–Crippen MR) is 63.9 cm³/mol. The molecule has 1 aromatic carbocycles. The Bertz CT molecular complexity index is 403. The van der Waals surface area contributed by atoms with Gasteiger partial charge in [0.2, 0.25) is 0 Å². The molecule has 0 spiro atoms. The van der Waals surface area contributed by atoms with Crippen molar-refractivity contribution in [3.8, 4) is 0 Å². The minimum Gasteiger partial charge on any atom is -0.140 e. The number of hydrogen-bond donors (Lipinski definition) is 0. The van der Waals surface area contributed by atoms with Gasteiger partial charge in [0.1, 0.15) is 0 Å². The predicted octanol–water partition coefficient (Wildman–Crippen LogP) is 4.07. The van der Waals surface area contributed by atoms with Crippen LogP contribution in [-0.4, -0.2) is 0 Å². The molecule has 12 heavy (non-hydrogen) atoms. The first-order valence-corrected chi connectivity index (χ1v) is 5.87. The Hall–Kier alpha value is -0.0900. The summed E-state index contributed by atoms with van der Waals surface area (Å²) in [6.07, 6.45) is 1.15. The maximum atomic E-state index is 2.39. The SMILES string of the molecule is CCc1cc2c(I)cccc2s1. The second-order valence-corrected chi connectivity index (χ2v) is 5.05. The molecule has 0 aliphatic carbocycles. The van der Waals surface area contributed by atoms with Crippen LogP contribution in [0.4, 0.5) is 0 Å². The van der Waals surface area contributed by atoms with E-state index in [0.717, 1.165) is 6.42 Å². The molecule has 62 valence electrons. The molecule has 0 aliphatic heterocycles. The normalized spacial score (nSPS) is 10.8. The van der Waals surface area contributed by atoms with Gasteiger partial charge in [-0.2, -0.15) is 0 Å². The zero-order chi connectivity index (χ0) is 8.55. The number of rotatable bonds is 1. The van der Waals surface area contributed by atoms with Crippen LogP contribution in [-0.2, 0) is 6.42 Å². The highest BCUT2D eigenvalue weighted by atomic mass is 127. The van der Waals surface area contributed by atoms with Crippen molar-refractivity contribution in [2.24, 2.45) is 0 Å². The average Bonchev–Trinajstić information content (AvgIpc) is 2.49. The van der Waals surface area contributed by atoms with Crippen LogP contribution in [0.3, 0.4) is 0 Å². The van der Waals surface area contributed by atoms with E-state index in [2.05, 4.69) is 53.8 Å². The van der Waals surface area contributed by atoms with Gasteiger partial charge < -0.3 is 0 Å². The van der Waals surface area contributed by atoms with Crippen LogP contribution in [0, 0.1) is 3.57 Å². The van der Waals surface area contributed by atoms with Crippen LogP contribution in [0.2, 0.25) is 0 Å². The fourth-order valence-corrected chi connectivity index (χ4v) is 3.12. The van der Waals surface area contributed by atoms with Crippen molar-refractivity contribution in [1.82, 2.24) is 0 Å². The van der Waals surface area contributed by atoms with Crippen LogP contribution in [0.5, 0.6) is 0 Å². The molecular weight excluding hydrogens is 279 g/mol. The summed E-state index contributed by atoms with van der Waals surface area (Å²) < 4.78 is 2.78. The first-order valence-electron chi connectivity index (χ1n) is 3.98. The van der Waals surface area contributed by atoms with Crippen LogP contribution in [0.15, 0.2) is 24.3 Å². The van der Waals surface area contributed by atoms with E-state index in [4.69, 9.17) is 0 Å². The number of fused-ring (bicyclic) bond motifs is 1. The summed E-state index contributed by atoms with van der Waals surface area (Å²) in [5.74, 6) is 0. The van der Waals surface area contributed by atoms with Gasteiger partial charge in [0.25, 0.3) is 0 Å². The maximum absolute atomic E-state index is 2.39. The molecule has 0 amide bonds. The van der Waals surface area contributed by atoms with E-state index in [1.165, 1.54) is 18.5 Å². The standard InChI is InChI=1S/C10H9IS/c1-2-7-6-8-9(11)4-3-5-10(8)12-7/h3-6H,2H2,1H3. The summed E-state index contributed by atoms with van der Waals surface area (Å²) in [6, 6.07) is 8.79. The summed E-state index contributed by atoms with van der Waals surface area (Å²) >= 11 is 4.30. The number of halogens is 1. The van der Waals surface area contributed by atoms with Crippen molar-refractivity contribution in [3.05, 3.63) is 32.7 Å². The third-order valence-corrected chi connectivity index (χ3v) is 4.09. The van der Waals surface area contributed by atoms with Crippen molar-refractivity contribution in [3.63, 3.8) is 0 Å². The molecule has 0 saturated carbocycles. The fourth-order valence-electron chi connectivity index (χ4n) is 1.25. The van der Waals surface area contributed by atoms with Crippen molar-refractivity contribution >= 4 is 44.0 Å². The van der Waals surface area contributed by atoms with Gasteiger partial charge in [-0.15, -0.1) is 11.3 Å². The van der Waals surface area contributed by atoms with Crippen molar-refractivity contribution in [1.29, 1.82) is 0 Å². The van der Waals surface area contributed by atoms with E-state index in [1.807, 2.05) is 11.3 Å². The lowest BCUT2D eigenvalue weighted by molar-refractivity contribution is 1.19. The Morgan fingerprint density at radius 2 is 2.25 bits per heavy atom. The third-order valence-electron chi connectivity index (χ3n) is 1.91. The second kappa shape index (κ2) is 3.34. The molecule has 0 bridgehead atoms. The Balaban J connectivity index is 2.74. The zero-order valence-corrected chi connectivity index (χ0v) is 9.78. The summed E-state index contributed by atoms with van der Waals surface area (Å²) in [6.45, 7) is 2.21. The van der Waals surface area contributed by atoms with Crippen LogP contribution in [0.1, 0.15) is 11.8 Å². The largest absolute Gasteiger partial charge is 0.140 e. The molecule has 0 fully saturated rings. The molecule has 0 nitrogen and oxygen atoms in total. The minimum absolute atomic E-state index is 1.15. The van der Waals surface area contributed by atoms with Gasteiger partial charge in [0.15, 0.2) is 0 Å². The van der Waals surface area contributed by atoms with Gasteiger partial charge in [0, 0.05) is 18.5 Å². The van der Waals surface area contributed by atoms with Gasteiger partial charge in [-0.05, 0) is 47.2 Å². The molecule has 1 heterocycles. The lowest BCUT2D eigenvalue weighted by atomic mass is 10.2. The fraction of sp³-hybridized carbons (Fsp3) is 0.200. The molecule has 2 heteroatoms. The highest BCUT2D eigenvalue weighted by Gasteiger charge is 2.01. The molecule has 2 aromatic rings. The van der Waals surface area contributed by atoms with Crippen molar-refractivity contribution in [2.45, 2.75) is 13.3 Å². The molecule has 0 N–H and O–H groups in total. The van der Waals surface area contributed by atoms with Gasteiger partial charge in [0.05, 0.1) is 0 Å². The zero-order valence-electron chi connectivity index (χ0n) is 6.80. The molecule has 2 rings (SSSR count). The van der Waals surface area contributed by atoms with E-state index in [9.17, 15) is 0 Å². The molecule has 0 unspecified atom stereocenters. The lowest BCUT2D eigenvalue weighted by Gasteiger charge is -1.90. The van der Waals surface area contributed by atoms with E-state index < -0.39 is 0 Å². The summed E-state index contributed by atoms with van der Waals surface area (Å²) in [5, 5.41) is 1.42.